The number of anilines is 2. The van der Waals surface area contributed by atoms with E-state index >= 15 is 0 Å². The Hall–Kier alpha value is -3.47. The minimum Gasteiger partial charge on any atom is -0.711 e. The molecule has 11 nitrogen and oxygen atoms in total. The topological polar surface area (TPSA) is 124 Å². The van der Waals surface area contributed by atoms with E-state index < -0.39 is 0 Å². The van der Waals surface area contributed by atoms with Crippen molar-refractivity contribution in [3.05, 3.63) is 40.9 Å². The van der Waals surface area contributed by atoms with Gasteiger partial charge in [0.2, 0.25) is 5.95 Å². The van der Waals surface area contributed by atoms with Crippen LogP contribution in [-0.2, 0) is 11.3 Å². The summed E-state index contributed by atoms with van der Waals surface area (Å²) >= 11 is 0. The number of pyridine rings is 1. The largest absolute Gasteiger partial charge is 0.711 e. The van der Waals surface area contributed by atoms with E-state index in [1.54, 1.807) is 10.6 Å². The van der Waals surface area contributed by atoms with Gasteiger partial charge in [-0.2, -0.15) is 19.6 Å². The maximum absolute atomic E-state index is 12.7. The standard InChI is InChI=1S/C27H38N8O3/c1-18(2)22-16-29-35-24(22)31-27(38-21-11-13-33(3)14-12-21)32-26(35)28-15-19-9-10-23(34(37)17-19)30-25(36)20-7-5-4-6-8-20/h9-10,16-18,20-21H,4-8,11-15H2,1-3H3,(H,30,36)(H,28,31,32). The van der Waals surface area contributed by atoms with Crippen molar-refractivity contribution in [2.75, 3.05) is 30.8 Å². The number of hydrogen-bond acceptors (Lipinski definition) is 8. The molecule has 38 heavy (non-hydrogen) atoms. The molecule has 3 aromatic rings. The highest BCUT2D eigenvalue weighted by Crippen LogP contribution is 2.26. The quantitative estimate of drug-likeness (QED) is 0.340. The van der Waals surface area contributed by atoms with Crippen LogP contribution in [0.1, 0.15) is 75.8 Å². The second-order valence-electron chi connectivity index (χ2n) is 10.9. The lowest BCUT2D eigenvalue weighted by molar-refractivity contribution is -0.590. The van der Waals surface area contributed by atoms with Gasteiger partial charge < -0.3 is 20.2 Å². The van der Waals surface area contributed by atoms with Gasteiger partial charge in [0.25, 0.3) is 5.82 Å². The van der Waals surface area contributed by atoms with Crippen LogP contribution in [0, 0.1) is 11.1 Å². The number of carbonyl (C=O) groups is 1. The summed E-state index contributed by atoms with van der Waals surface area (Å²) in [7, 11) is 2.12. The van der Waals surface area contributed by atoms with Crippen LogP contribution in [0.2, 0.25) is 0 Å². The molecular formula is C27H38N8O3. The molecule has 0 aromatic carbocycles. The van der Waals surface area contributed by atoms with Crippen molar-refractivity contribution in [3.63, 3.8) is 0 Å². The third-order valence-corrected chi connectivity index (χ3v) is 7.59. The van der Waals surface area contributed by atoms with E-state index in [9.17, 15) is 10.0 Å². The first-order chi connectivity index (χ1) is 18.4. The summed E-state index contributed by atoms with van der Waals surface area (Å²) in [5.41, 5.74) is 2.47. The van der Waals surface area contributed by atoms with E-state index in [1.165, 1.54) is 12.6 Å². The van der Waals surface area contributed by atoms with E-state index in [2.05, 4.69) is 46.5 Å². The van der Waals surface area contributed by atoms with Crippen molar-refractivity contribution in [1.82, 2.24) is 24.5 Å². The number of amides is 1. The number of nitrogens with zero attached hydrogens (tertiary/aromatic N) is 6. The Morgan fingerprint density at radius 2 is 1.92 bits per heavy atom. The highest BCUT2D eigenvalue weighted by Gasteiger charge is 2.26. The fraction of sp³-hybridized carbons (Fsp3) is 0.593. The van der Waals surface area contributed by atoms with Crippen LogP contribution in [0.5, 0.6) is 6.01 Å². The van der Waals surface area contributed by atoms with E-state index in [-0.39, 0.29) is 29.7 Å². The molecule has 2 N–H and O–H groups in total. The van der Waals surface area contributed by atoms with Crippen molar-refractivity contribution in [2.45, 2.75) is 77.4 Å². The zero-order chi connectivity index (χ0) is 26.6. The number of likely N-dealkylation sites (tertiary alicyclic amines) is 1. The van der Waals surface area contributed by atoms with Crippen LogP contribution in [0.15, 0.2) is 24.5 Å². The molecule has 0 spiro atoms. The van der Waals surface area contributed by atoms with Crippen LogP contribution in [0.4, 0.5) is 11.8 Å². The third-order valence-electron chi connectivity index (χ3n) is 7.59. The van der Waals surface area contributed by atoms with Gasteiger partial charge in [-0.25, -0.2) is 14.8 Å². The molecule has 0 unspecified atom stereocenters. The van der Waals surface area contributed by atoms with Crippen LogP contribution >= 0.6 is 0 Å². The lowest BCUT2D eigenvalue weighted by Gasteiger charge is -2.28. The van der Waals surface area contributed by atoms with Crippen LogP contribution in [0.25, 0.3) is 5.65 Å². The van der Waals surface area contributed by atoms with Gasteiger partial charge in [0, 0.05) is 36.8 Å². The summed E-state index contributed by atoms with van der Waals surface area (Å²) in [6, 6.07) is 3.81. The van der Waals surface area contributed by atoms with Gasteiger partial charge in [0.1, 0.15) is 6.10 Å². The molecule has 1 aliphatic heterocycles. The summed E-state index contributed by atoms with van der Waals surface area (Å²) in [5.74, 6) is 0.900. The molecule has 0 radical (unpaired) electrons. The first kappa shape index (κ1) is 26.1. The van der Waals surface area contributed by atoms with Gasteiger partial charge >= 0.3 is 11.9 Å². The monoisotopic (exact) mass is 522 g/mol. The van der Waals surface area contributed by atoms with Crippen LogP contribution in [0.3, 0.4) is 0 Å². The van der Waals surface area contributed by atoms with E-state index in [0.29, 0.717) is 28.9 Å². The Bertz CT molecular complexity index is 1260. The molecule has 204 valence electrons. The lowest BCUT2D eigenvalue weighted by atomic mass is 9.89. The molecule has 5 rings (SSSR count). The minimum absolute atomic E-state index is 0.0130. The molecule has 0 bridgehead atoms. The number of nitrogens with one attached hydrogen (secondary N) is 2. The third kappa shape index (κ3) is 5.98. The molecular weight excluding hydrogens is 484 g/mol. The van der Waals surface area contributed by atoms with Crippen LogP contribution < -0.4 is 20.1 Å². The number of carbonyl (C=O) groups excluding carboxylic acids is 1. The molecule has 0 atom stereocenters. The second kappa shape index (κ2) is 11.5. The second-order valence-corrected chi connectivity index (χ2v) is 10.9. The van der Waals surface area contributed by atoms with Gasteiger partial charge in [-0.1, -0.05) is 33.1 Å². The molecule has 11 heteroatoms. The maximum atomic E-state index is 12.7. The predicted molar refractivity (Wildman–Crippen MR) is 144 cm³/mol. The number of piperidine rings is 1. The average molecular weight is 523 g/mol. The van der Waals surface area contributed by atoms with Crippen molar-refractivity contribution < 1.29 is 14.3 Å². The van der Waals surface area contributed by atoms with Gasteiger partial charge in [-0.05, 0) is 44.7 Å². The molecule has 3 aromatic heterocycles. The number of aromatic nitrogens is 5. The van der Waals surface area contributed by atoms with Crippen molar-refractivity contribution >= 4 is 23.3 Å². The smallest absolute Gasteiger partial charge is 0.322 e. The van der Waals surface area contributed by atoms with Gasteiger partial charge in [-0.3, -0.25) is 0 Å². The number of ether oxygens (including phenoxy) is 1. The molecule has 1 aliphatic carbocycles. The van der Waals surface area contributed by atoms with Gasteiger partial charge in [0.15, 0.2) is 5.65 Å². The van der Waals surface area contributed by atoms with Gasteiger partial charge in [-0.15, -0.1) is 0 Å². The zero-order valence-corrected chi connectivity index (χ0v) is 22.5. The maximum Gasteiger partial charge on any atom is 0.322 e. The van der Waals surface area contributed by atoms with E-state index in [4.69, 9.17) is 9.72 Å². The van der Waals surface area contributed by atoms with E-state index in [1.807, 2.05) is 12.3 Å². The molecule has 4 heterocycles. The van der Waals surface area contributed by atoms with Crippen molar-refractivity contribution in [1.29, 1.82) is 0 Å². The van der Waals surface area contributed by atoms with Gasteiger partial charge in [0.05, 0.1) is 18.3 Å². The van der Waals surface area contributed by atoms with Crippen molar-refractivity contribution in [2.24, 2.45) is 5.92 Å². The summed E-state index contributed by atoms with van der Waals surface area (Å²) in [4.78, 5) is 24.2. The fourth-order valence-corrected chi connectivity index (χ4v) is 5.20. The fourth-order valence-electron chi connectivity index (χ4n) is 5.20. The Morgan fingerprint density at radius 1 is 1.16 bits per heavy atom. The SMILES string of the molecule is CC(C)c1cnn2c(NCc3ccc(NC(=O)C4CCCCC4)[n+]([O-])c3)nc(OC3CCN(C)CC3)nc12. The molecule has 2 fully saturated rings. The molecule has 1 amide bonds. The predicted octanol–water partition coefficient (Wildman–Crippen LogP) is 3.49. The minimum atomic E-state index is -0.0691. The molecule has 1 saturated carbocycles. The lowest BCUT2D eigenvalue weighted by Crippen LogP contribution is -2.36. The molecule has 1 saturated heterocycles. The first-order valence-electron chi connectivity index (χ1n) is 13.7. The summed E-state index contributed by atoms with van der Waals surface area (Å²) in [6.45, 7) is 6.51. The Kier molecular flexibility index (Phi) is 7.92. The Morgan fingerprint density at radius 3 is 2.63 bits per heavy atom. The zero-order valence-electron chi connectivity index (χ0n) is 22.5. The normalized spacial score (nSPS) is 17.7. The number of hydrogen-bond donors (Lipinski definition) is 2. The molecule has 2 aliphatic rings. The van der Waals surface area contributed by atoms with Crippen molar-refractivity contribution in [3.8, 4) is 6.01 Å². The Labute approximate surface area is 223 Å². The summed E-state index contributed by atoms with van der Waals surface area (Å²) in [6.07, 6.45) is 10.3. The summed E-state index contributed by atoms with van der Waals surface area (Å²) < 4.78 is 8.60. The van der Waals surface area contributed by atoms with E-state index in [0.717, 1.165) is 62.7 Å². The highest BCUT2D eigenvalue weighted by atomic mass is 16.5. The average Bonchev–Trinajstić information content (AvgIpc) is 3.35. The first-order valence-corrected chi connectivity index (χ1v) is 13.7. The van der Waals surface area contributed by atoms with Crippen LogP contribution in [-0.4, -0.2) is 56.6 Å². The Balaban J connectivity index is 1.31. The number of fused-ring (bicyclic) bond motifs is 1. The highest BCUT2D eigenvalue weighted by molar-refractivity contribution is 5.91. The number of rotatable bonds is 8. The summed E-state index contributed by atoms with van der Waals surface area (Å²) in [5, 5.41) is 23.3.